The van der Waals surface area contributed by atoms with Gasteiger partial charge in [0.1, 0.15) is 33.5 Å². The van der Waals surface area contributed by atoms with Crippen LogP contribution in [0.2, 0.25) is 0 Å². The summed E-state index contributed by atoms with van der Waals surface area (Å²) >= 11 is 0. The SMILES string of the molecule is Pc1ccc(-c2ccccc2)cc1-c1cccc(-c2ccc3oc4ccc5oc6ccc(-c7ccc8oc9ccc(-c%10ccccc%10)cc9c8c7)cc6c5c4c3c2)c1. The Morgan fingerprint density at radius 2 is 0.621 bits per heavy atom. The summed E-state index contributed by atoms with van der Waals surface area (Å²) in [5, 5.41) is 7.62. The highest BCUT2D eigenvalue weighted by atomic mass is 31.0. The summed E-state index contributed by atoms with van der Waals surface area (Å²) in [4.78, 5) is 0. The average molecular weight is 761 g/mol. The summed E-state index contributed by atoms with van der Waals surface area (Å²) in [6.45, 7) is 0. The predicted molar refractivity (Wildman–Crippen MR) is 245 cm³/mol. The van der Waals surface area contributed by atoms with Crippen molar-refractivity contribution in [2.45, 2.75) is 0 Å². The van der Waals surface area contributed by atoms with Crippen LogP contribution in [-0.4, -0.2) is 0 Å². The Bertz CT molecular complexity index is 3570. The number of hydrogen-bond acceptors (Lipinski definition) is 3. The Kier molecular flexibility index (Phi) is 7.35. The van der Waals surface area contributed by atoms with Crippen molar-refractivity contribution in [2.24, 2.45) is 0 Å². The quantitative estimate of drug-likeness (QED) is 0.164. The van der Waals surface area contributed by atoms with E-state index < -0.39 is 0 Å². The number of hydrogen-bond donors (Lipinski definition) is 0. The second kappa shape index (κ2) is 12.9. The van der Waals surface area contributed by atoms with Gasteiger partial charge in [0.25, 0.3) is 0 Å². The zero-order chi connectivity index (χ0) is 38.3. The molecule has 0 saturated heterocycles. The molecule has 0 N–H and O–H groups in total. The molecule has 0 aliphatic carbocycles. The fourth-order valence-corrected chi connectivity index (χ4v) is 9.09. The number of rotatable bonds is 5. The van der Waals surface area contributed by atoms with E-state index in [2.05, 4.69) is 179 Å². The lowest BCUT2D eigenvalue weighted by molar-refractivity contribution is 0.663. The molecular formula is C54H33O3P. The van der Waals surface area contributed by atoms with Crippen molar-refractivity contribution in [2.75, 3.05) is 0 Å². The molecule has 0 aliphatic rings. The molecule has 12 aromatic rings. The summed E-state index contributed by atoms with van der Waals surface area (Å²) in [5.41, 5.74) is 16.8. The van der Waals surface area contributed by atoms with Crippen molar-refractivity contribution < 1.29 is 13.3 Å². The fraction of sp³-hybridized carbons (Fsp3) is 0. The third kappa shape index (κ3) is 5.32. The van der Waals surface area contributed by atoms with E-state index in [1.807, 2.05) is 18.2 Å². The summed E-state index contributed by atoms with van der Waals surface area (Å²) in [5.74, 6) is 0. The minimum atomic E-state index is 0.839. The van der Waals surface area contributed by atoms with Gasteiger partial charge in [-0.2, -0.15) is 0 Å². The molecule has 12 rings (SSSR count). The molecule has 0 bridgehead atoms. The Morgan fingerprint density at radius 1 is 0.259 bits per heavy atom. The lowest BCUT2D eigenvalue weighted by atomic mass is 9.95. The van der Waals surface area contributed by atoms with Gasteiger partial charge in [-0.05, 0) is 134 Å². The maximum Gasteiger partial charge on any atom is 0.136 e. The average Bonchev–Trinajstić information content (AvgIpc) is 3.97. The third-order valence-electron chi connectivity index (χ3n) is 11.6. The highest BCUT2D eigenvalue weighted by Gasteiger charge is 2.19. The molecule has 58 heavy (non-hydrogen) atoms. The van der Waals surface area contributed by atoms with Crippen molar-refractivity contribution >= 4 is 80.4 Å². The highest BCUT2D eigenvalue weighted by molar-refractivity contribution is 7.28. The number of furan rings is 3. The Balaban J connectivity index is 0.976. The van der Waals surface area contributed by atoms with Crippen LogP contribution in [0.5, 0.6) is 0 Å². The van der Waals surface area contributed by atoms with E-state index >= 15 is 0 Å². The van der Waals surface area contributed by atoms with Crippen molar-refractivity contribution in [1.29, 1.82) is 0 Å². The molecule has 0 fully saturated rings. The smallest absolute Gasteiger partial charge is 0.136 e. The van der Waals surface area contributed by atoms with Gasteiger partial charge in [-0.15, -0.1) is 9.24 Å². The van der Waals surface area contributed by atoms with Gasteiger partial charge in [0.2, 0.25) is 0 Å². The van der Waals surface area contributed by atoms with Gasteiger partial charge in [0, 0.05) is 32.3 Å². The predicted octanol–water partition coefficient (Wildman–Crippen LogP) is 15.2. The normalized spacial score (nSPS) is 11.9. The van der Waals surface area contributed by atoms with Crippen molar-refractivity contribution in [3.8, 4) is 55.6 Å². The first-order valence-electron chi connectivity index (χ1n) is 19.5. The van der Waals surface area contributed by atoms with Crippen LogP contribution in [0.3, 0.4) is 0 Å². The van der Waals surface area contributed by atoms with E-state index in [0.717, 1.165) is 93.4 Å². The van der Waals surface area contributed by atoms with Crippen LogP contribution in [0.15, 0.2) is 201 Å². The molecule has 3 heterocycles. The van der Waals surface area contributed by atoms with Crippen LogP contribution in [0.1, 0.15) is 0 Å². The van der Waals surface area contributed by atoms with Gasteiger partial charge in [0.15, 0.2) is 0 Å². The molecule has 3 nitrogen and oxygen atoms in total. The van der Waals surface area contributed by atoms with Crippen LogP contribution in [-0.2, 0) is 0 Å². The molecule has 1 atom stereocenters. The van der Waals surface area contributed by atoms with Gasteiger partial charge in [-0.1, -0.05) is 115 Å². The lowest BCUT2D eigenvalue weighted by Gasteiger charge is -2.11. The molecule has 272 valence electrons. The molecule has 4 heteroatoms. The minimum Gasteiger partial charge on any atom is -0.456 e. The van der Waals surface area contributed by atoms with Crippen molar-refractivity contribution in [1.82, 2.24) is 0 Å². The molecule has 0 amide bonds. The fourth-order valence-electron chi connectivity index (χ4n) is 8.74. The van der Waals surface area contributed by atoms with Crippen molar-refractivity contribution in [3.63, 3.8) is 0 Å². The van der Waals surface area contributed by atoms with Crippen LogP contribution in [0, 0.1) is 0 Å². The Labute approximate surface area is 336 Å². The van der Waals surface area contributed by atoms with E-state index in [1.165, 1.54) is 33.4 Å². The lowest BCUT2D eigenvalue weighted by Crippen LogP contribution is -1.97. The number of fused-ring (bicyclic) bond motifs is 10. The zero-order valence-electron chi connectivity index (χ0n) is 31.2. The van der Waals surface area contributed by atoms with E-state index in [-0.39, 0.29) is 0 Å². The topological polar surface area (TPSA) is 39.4 Å². The first-order valence-corrected chi connectivity index (χ1v) is 20.1. The van der Waals surface area contributed by atoms with Gasteiger partial charge in [0.05, 0.1) is 0 Å². The van der Waals surface area contributed by atoms with Gasteiger partial charge in [-0.25, -0.2) is 0 Å². The third-order valence-corrected chi connectivity index (χ3v) is 12.1. The summed E-state index contributed by atoms with van der Waals surface area (Å²) in [7, 11) is 2.92. The maximum absolute atomic E-state index is 6.52. The van der Waals surface area contributed by atoms with Gasteiger partial charge in [-0.3, -0.25) is 0 Å². The Hall–Kier alpha value is -7.19. The molecule has 9 aromatic carbocycles. The molecule has 0 radical (unpaired) electrons. The van der Waals surface area contributed by atoms with Crippen LogP contribution >= 0.6 is 9.24 Å². The first-order chi connectivity index (χ1) is 28.6. The maximum atomic E-state index is 6.52. The van der Waals surface area contributed by atoms with Crippen LogP contribution < -0.4 is 5.30 Å². The second-order valence-corrected chi connectivity index (χ2v) is 15.7. The van der Waals surface area contributed by atoms with E-state index in [0.29, 0.717) is 0 Å². The Morgan fingerprint density at radius 3 is 1.16 bits per heavy atom. The molecule has 1 unspecified atom stereocenters. The first kappa shape index (κ1) is 33.0. The largest absolute Gasteiger partial charge is 0.456 e. The summed E-state index contributed by atoms with van der Waals surface area (Å²) in [6, 6.07) is 66.5. The molecular weight excluding hydrogens is 728 g/mol. The highest BCUT2D eigenvalue weighted by Crippen LogP contribution is 2.43. The van der Waals surface area contributed by atoms with E-state index in [9.17, 15) is 0 Å². The standard InChI is InChI=1S/C54H33O3P/c58-52-25-18-36(33-10-5-2-6-11-33)27-41(52)40-13-7-12-34(26-40)38-16-21-48-44(30-38)53-50(56-48)23-24-51-54(53)45-31-39(17-22-49(45)57-51)37-15-20-47-43(29-37)42-28-35(14-19-46(42)55-47)32-8-3-1-4-9-32/h1-31H,58H2. The monoisotopic (exact) mass is 760 g/mol. The van der Waals surface area contributed by atoms with Crippen molar-refractivity contribution in [3.05, 3.63) is 188 Å². The minimum absolute atomic E-state index is 0.839. The summed E-state index contributed by atoms with van der Waals surface area (Å²) in [6.07, 6.45) is 0. The second-order valence-electron chi connectivity index (χ2n) is 15.1. The van der Waals surface area contributed by atoms with Gasteiger partial charge >= 0.3 is 0 Å². The molecule has 0 aliphatic heterocycles. The molecule has 3 aromatic heterocycles. The van der Waals surface area contributed by atoms with E-state index in [1.54, 1.807) is 0 Å². The molecule has 0 spiro atoms. The van der Waals surface area contributed by atoms with Crippen LogP contribution in [0.4, 0.5) is 0 Å². The number of benzene rings is 9. The summed E-state index contributed by atoms with van der Waals surface area (Å²) < 4.78 is 19.3. The van der Waals surface area contributed by atoms with Crippen LogP contribution in [0.25, 0.3) is 121 Å². The van der Waals surface area contributed by atoms with Gasteiger partial charge < -0.3 is 13.3 Å². The van der Waals surface area contributed by atoms with E-state index in [4.69, 9.17) is 13.3 Å². The molecule has 0 saturated carbocycles. The zero-order valence-corrected chi connectivity index (χ0v) is 32.4.